The molecule has 1 aromatic heterocycles. The Morgan fingerprint density at radius 3 is 2.92 bits per heavy atom. The van der Waals surface area contributed by atoms with Gasteiger partial charge in [0.05, 0.1) is 5.56 Å². The molecule has 0 atom stereocenters. The first-order valence-corrected chi connectivity index (χ1v) is 4.68. The van der Waals surface area contributed by atoms with Gasteiger partial charge in [0.2, 0.25) is 0 Å². The zero-order valence-electron chi connectivity index (χ0n) is 6.62. The van der Waals surface area contributed by atoms with Crippen molar-refractivity contribution in [2.45, 2.75) is 12.8 Å². The Balaban J connectivity index is 2.70. The Morgan fingerprint density at radius 2 is 2.33 bits per heavy atom. The van der Waals surface area contributed by atoms with E-state index >= 15 is 0 Å². The Bertz CT molecular complexity index is 270. The lowest BCUT2D eigenvalue weighted by Crippen LogP contribution is -2.03. The number of carboxylic acid groups (broad SMARTS) is 1. The fourth-order valence-corrected chi connectivity index (χ4v) is 1.86. The van der Waals surface area contributed by atoms with Gasteiger partial charge in [-0.2, -0.15) is 11.3 Å². The highest BCUT2D eigenvalue weighted by Crippen LogP contribution is 2.16. The summed E-state index contributed by atoms with van der Waals surface area (Å²) in [6.07, 6.45) is 1.61. The van der Waals surface area contributed by atoms with Gasteiger partial charge in [-0.15, -0.1) is 0 Å². The Morgan fingerprint density at radius 1 is 1.58 bits per heavy atom. The number of thiophene rings is 1. The second kappa shape index (κ2) is 4.23. The topological polar surface area (TPSA) is 63.3 Å². The van der Waals surface area contributed by atoms with Crippen LogP contribution in [0.25, 0.3) is 0 Å². The first-order chi connectivity index (χ1) is 5.75. The van der Waals surface area contributed by atoms with E-state index in [0.717, 1.165) is 18.4 Å². The van der Waals surface area contributed by atoms with Gasteiger partial charge >= 0.3 is 5.97 Å². The molecule has 0 aromatic carbocycles. The van der Waals surface area contributed by atoms with Crippen LogP contribution >= 0.6 is 11.3 Å². The molecule has 1 heterocycles. The molecule has 0 saturated carbocycles. The number of carbonyl (C=O) groups is 1. The molecule has 66 valence electrons. The van der Waals surface area contributed by atoms with Crippen molar-refractivity contribution in [1.29, 1.82) is 0 Å². The van der Waals surface area contributed by atoms with Gasteiger partial charge in [0, 0.05) is 5.38 Å². The molecule has 0 radical (unpaired) electrons. The van der Waals surface area contributed by atoms with E-state index in [4.69, 9.17) is 10.8 Å². The highest BCUT2D eigenvalue weighted by atomic mass is 32.1. The van der Waals surface area contributed by atoms with Crippen LogP contribution in [0, 0.1) is 0 Å². The molecule has 3 nitrogen and oxygen atoms in total. The summed E-state index contributed by atoms with van der Waals surface area (Å²) >= 11 is 1.42. The SMILES string of the molecule is NCCCc1cscc1C(=O)O. The first kappa shape index (κ1) is 9.22. The fourth-order valence-electron chi connectivity index (χ4n) is 0.997. The van der Waals surface area contributed by atoms with Gasteiger partial charge in [-0.3, -0.25) is 0 Å². The summed E-state index contributed by atoms with van der Waals surface area (Å²) in [5.74, 6) is -0.844. The van der Waals surface area contributed by atoms with E-state index in [-0.39, 0.29) is 0 Å². The monoisotopic (exact) mass is 185 g/mol. The van der Waals surface area contributed by atoms with Crippen molar-refractivity contribution in [1.82, 2.24) is 0 Å². The standard InChI is InChI=1S/C8H11NO2S/c9-3-1-2-6-4-12-5-7(6)8(10)11/h4-5H,1-3,9H2,(H,10,11). The summed E-state index contributed by atoms with van der Waals surface area (Å²) in [6.45, 7) is 0.606. The van der Waals surface area contributed by atoms with Crippen LogP contribution < -0.4 is 5.73 Å². The maximum Gasteiger partial charge on any atom is 0.336 e. The van der Waals surface area contributed by atoms with Crippen LogP contribution in [0.5, 0.6) is 0 Å². The summed E-state index contributed by atoms with van der Waals surface area (Å²) in [7, 11) is 0. The van der Waals surface area contributed by atoms with E-state index in [1.54, 1.807) is 5.38 Å². The average Bonchev–Trinajstić information content (AvgIpc) is 2.48. The molecule has 1 aromatic rings. The molecule has 0 aliphatic rings. The second-order valence-electron chi connectivity index (χ2n) is 2.51. The second-order valence-corrected chi connectivity index (χ2v) is 3.25. The molecule has 12 heavy (non-hydrogen) atoms. The van der Waals surface area contributed by atoms with E-state index in [0.29, 0.717) is 12.1 Å². The lowest BCUT2D eigenvalue weighted by molar-refractivity contribution is 0.0696. The molecule has 0 unspecified atom stereocenters. The van der Waals surface area contributed by atoms with Crippen LogP contribution in [0.2, 0.25) is 0 Å². The van der Waals surface area contributed by atoms with Crippen LogP contribution in [0.4, 0.5) is 0 Å². The third-order valence-electron chi connectivity index (χ3n) is 1.62. The molecule has 0 aliphatic carbocycles. The number of hydrogen-bond acceptors (Lipinski definition) is 3. The molecular weight excluding hydrogens is 174 g/mol. The average molecular weight is 185 g/mol. The lowest BCUT2D eigenvalue weighted by Gasteiger charge is -1.97. The van der Waals surface area contributed by atoms with Gasteiger partial charge < -0.3 is 10.8 Å². The van der Waals surface area contributed by atoms with Gasteiger partial charge in [0.15, 0.2) is 0 Å². The number of aryl methyl sites for hydroxylation is 1. The zero-order chi connectivity index (χ0) is 8.97. The molecular formula is C8H11NO2S. The normalized spacial score (nSPS) is 10.1. The highest BCUT2D eigenvalue weighted by molar-refractivity contribution is 7.08. The summed E-state index contributed by atoms with van der Waals surface area (Å²) in [5, 5.41) is 12.3. The van der Waals surface area contributed by atoms with E-state index < -0.39 is 5.97 Å². The van der Waals surface area contributed by atoms with Crippen molar-refractivity contribution in [2.75, 3.05) is 6.54 Å². The maximum absolute atomic E-state index is 10.6. The summed E-state index contributed by atoms with van der Waals surface area (Å²) < 4.78 is 0. The summed E-state index contributed by atoms with van der Waals surface area (Å²) in [6, 6.07) is 0. The quantitative estimate of drug-likeness (QED) is 0.744. The zero-order valence-corrected chi connectivity index (χ0v) is 7.43. The van der Waals surface area contributed by atoms with Crippen molar-refractivity contribution < 1.29 is 9.90 Å². The number of aromatic carboxylic acids is 1. The Hall–Kier alpha value is -0.870. The first-order valence-electron chi connectivity index (χ1n) is 3.74. The van der Waals surface area contributed by atoms with E-state index in [9.17, 15) is 4.79 Å². The molecule has 0 fully saturated rings. The molecule has 0 amide bonds. The predicted molar refractivity (Wildman–Crippen MR) is 48.7 cm³/mol. The predicted octanol–water partition coefficient (Wildman–Crippen LogP) is 1.34. The third-order valence-corrected chi connectivity index (χ3v) is 2.42. The summed E-state index contributed by atoms with van der Waals surface area (Å²) in [5.41, 5.74) is 6.65. The van der Waals surface area contributed by atoms with Gasteiger partial charge in [-0.25, -0.2) is 4.79 Å². The molecule has 0 bridgehead atoms. The molecule has 0 spiro atoms. The third kappa shape index (κ3) is 2.06. The van der Waals surface area contributed by atoms with Gasteiger partial charge in [-0.05, 0) is 30.3 Å². The van der Waals surface area contributed by atoms with Crippen LogP contribution in [-0.4, -0.2) is 17.6 Å². The van der Waals surface area contributed by atoms with E-state index in [1.807, 2.05) is 5.38 Å². The van der Waals surface area contributed by atoms with Gasteiger partial charge in [0.25, 0.3) is 0 Å². The lowest BCUT2D eigenvalue weighted by atomic mass is 10.1. The number of carboxylic acids is 1. The molecule has 3 N–H and O–H groups in total. The van der Waals surface area contributed by atoms with Crippen LogP contribution in [0.15, 0.2) is 10.8 Å². The molecule has 0 saturated heterocycles. The number of rotatable bonds is 4. The van der Waals surface area contributed by atoms with Crippen molar-refractivity contribution in [2.24, 2.45) is 5.73 Å². The van der Waals surface area contributed by atoms with Crippen LogP contribution in [0.3, 0.4) is 0 Å². The maximum atomic E-state index is 10.6. The van der Waals surface area contributed by atoms with Crippen molar-refractivity contribution in [3.63, 3.8) is 0 Å². The number of hydrogen-bond donors (Lipinski definition) is 2. The van der Waals surface area contributed by atoms with E-state index in [1.165, 1.54) is 11.3 Å². The summed E-state index contributed by atoms with van der Waals surface area (Å²) in [4.78, 5) is 10.6. The molecule has 4 heteroatoms. The fraction of sp³-hybridized carbons (Fsp3) is 0.375. The molecule has 0 aliphatic heterocycles. The van der Waals surface area contributed by atoms with Crippen molar-refractivity contribution in [3.8, 4) is 0 Å². The Kier molecular flexibility index (Phi) is 3.25. The number of nitrogens with two attached hydrogens (primary N) is 1. The van der Waals surface area contributed by atoms with Gasteiger partial charge in [0.1, 0.15) is 0 Å². The van der Waals surface area contributed by atoms with Crippen LogP contribution in [-0.2, 0) is 6.42 Å². The smallest absolute Gasteiger partial charge is 0.336 e. The van der Waals surface area contributed by atoms with Crippen molar-refractivity contribution in [3.05, 3.63) is 21.9 Å². The van der Waals surface area contributed by atoms with Crippen LogP contribution in [0.1, 0.15) is 22.3 Å². The minimum Gasteiger partial charge on any atom is -0.478 e. The largest absolute Gasteiger partial charge is 0.478 e. The van der Waals surface area contributed by atoms with E-state index in [2.05, 4.69) is 0 Å². The van der Waals surface area contributed by atoms with Crippen molar-refractivity contribution >= 4 is 17.3 Å². The highest BCUT2D eigenvalue weighted by Gasteiger charge is 2.09. The Labute approximate surface area is 74.8 Å². The minimum absolute atomic E-state index is 0.424. The van der Waals surface area contributed by atoms with Gasteiger partial charge in [-0.1, -0.05) is 0 Å². The molecule has 1 rings (SSSR count). The minimum atomic E-state index is -0.844.